The highest BCUT2D eigenvalue weighted by Gasteiger charge is 2.70. The van der Waals surface area contributed by atoms with Crippen molar-refractivity contribution in [2.24, 2.45) is 23.2 Å². The van der Waals surface area contributed by atoms with Gasteiger partial charge in [-0.2, -0.15) is 0 Å². The summed E-state index contributed by atoms with van der Waals surface area (Å²) in [7, 11) is 0. The fourth-order valence-electron chi connectivity index (χ4n) is 8.16. The van der Waals surface area contributed by atoms with E-state index < -0.39 is 119 Å². The van der Waals surface area contributed by atoms with E-state index in [1.165, 1.54) is 45.0 Å². The summed E-state index contributed by atoms with van der Waals surface area (Å²) in [6, 6.07) is 15.6. The van der Waals surface area contributed by atoms with Crippen LogP contribution in [0.5, 0.6) is 0 Å². The molecular formula is C46H56O15. The van der Waals surface area contributed by atoms with Crippen LogP contribution in [0, 0.1) is 23.2 Å². The van der Waals surface area contributed by atoms with Gasteiger partial charge in [0.25, 0.3) is 0 Å². The lowest BCUT2D eigenvalue weighted by atomic mass is 9.71. The Morgan fingerprint density at radius 3 is 1.62 bits per heavy atom. The first kappa shape index (κ1) is 47.8. The Hall–Kier alpha value is -5.83. The third-order valence-electron chi connectivity index (χ3n) is 10.8. The second-order valence-corrected chi connectivity index (χ2v) is 16.7. The van der Waals surface area contributed by atoms with E-state index in [1.807, 2.05) is 0 Å². The number of ether oxygens (including phenoxy) is 7. The highest BCUT2D eigenvalue weighted by Crippen LogP contribution is 2.54. The van der Waals surface area contributed by atoms with E-state index in [4.69, 9.17) is 33.2 Å². The predicted molar refractivity (Wildman–Crippen MR) is 217 cm³/mol. The summed E-state index contributed by atoms with van der Waals surface area (Å²) < 4.78 is 42.3. The molecule has 15 nitrogen and oxygen atoms in total. The van der Waals surface area contributed by atoms with Gasteiger partial charge in [0.2, 0.25) is 0 Å². The SMILES string of the molecule is C=C1[C@H](OC(=O)C(C)C)[C@@H](OC(C)=O)[C@@H](OC(C)=O)C(C)(C)C=C[C@H](C)[C@H](OC(=O)c2ccccc2)[C@@]2(O)C[C@@](C)(OC(C)=O)[C@H](OC(C)=O)[C@@H]2[C@H]1OC(=O)c1ccccc1. The summed E-state index contributed by atoms with van der Waals surface area (Å²) in [4.78, 5) is 94.0. The summed E-state index contributed by atoms with van der Waals surface area (Å²) in [6.45, 7) is 18.1. The van der Waals surface area contributed by atoms with Crippen LogP contribution in [0.25, 0.3) is 0 Å². The zero-order valence-corrected chi connectivity index (χ0v) is 36.2. The predicted octanol–water partition coefficient (Wildman–Crippen LogP) is 5.66. The Bertz CT molecular complexity index is 2010. The van der Waals surface area contributed by atoms with Crippen molar-refractivity contribution in [2.45, 2.75) is 123 Å². The lowest BCUT2D eigenvalue weighted by Gasteiger charge is -2.46. The Morgan fingerprint density at radius 1 is 0.656 bits per heavy atom. The molecule has 15 heteroatoms. The molecule has 2 aromatic carbocycles. The normalized spacial score (nSPS) is 29.7. The molecule has 0 heterocycles. The van der Waals surface area contributed by atoms with E-state index in [0.717, 1.165) is 27.7 Å². The summed E-state index contributed by atoms with van der Waals surface area (Å²) in [5.41, 5.74) is -5.91. The van der Waals surface area contributed by atoms with Gasteiger partial charge in [-0.1, -0.05) is 89.7 Å². The minimum atomic E-state index is -2.47. The monoisotopic (exact) mass is 848 g/mol. The molecule has 0 aromatic heterocycles. The van der Waals surface area contributed by atoms with Crippen molar-refractivity contribution < 1.29 is 71.8 Å². The smallest absolute Gasteiger partial charge is 0.338 e. The maximum Gasteiger partial charge on any atom is 0.338 e. The molecule has 0 aliphatic heterocycles. The molecule has 0 radical (unpaired) electrons. The molecule has 0 unspecified atom stereocenters. The van der Waals surface area contributed by atoms with Gasteiger partial charge >= 0.3 is 41.8 Å². The molecular weight excluding hydrogens is 792 g/mol. The molecule has 4 rings (SSSR count). The van der Waals surface area contributed by atoms with Gasteiger partial charge in [0.1, 0.15) is 23.4 Å². The van der Waals surface area contributed by atoms with Crippen molar-refractivity contribution in [1.82, 2.24) is 0 Å². The Morgan fingerprint density at radius 2 is 1.15 bits per heavy atom. The van der Waals surface area contributed by atoms with E-state index >= 15 is 0 Å². The molecule has 61 heavy (non-hydrogen) atoms. The van der Waals surface area contributed by atoms with Gasteiger partial charge in [0.05, 0.1) is 23.0 Å². The van der Waals surface area contributed by atoms with Crippen LogP contribution in [-0.2, 0) is 57.1 Å². The van der Waals surface area contributed by atoms with Crippen molar-refractivity contribution in [3.63, 3.8) is 0 Å². The van der Waals surface area contributed by atoms with Crippen LogP contribution >= 0.6 is 0 Å². The van der Waals surface area contributed by atoms with Crippen LogP contribution < -0.4 is 0 Å². The first-order valence-electron chi connectivity index (χ1n) is 20.0. The lowest BCUT2D eigenvalue weighted by Crippen LogP contribution is -2.60. The highest BCUT2D eigenvalue weighted by atomic mass is 16.6. The van der Waals surface area contributed by atoms with Gasteiger partial charge in [-0.3, -0.25) is 24.0 Å². The topological polar surface area (TPSA) is 204 Å². The molecule has 2 aliphatic rings. The number of esters is 7. The number of benzene rings is 2. The van der Waals surface area contributed by atoms with E-state index in [-0.39, 0.29) is 16.7 Å². The fourth-order valence-corrected chi connectivity index (χ4v) is 8.16. The number of hydrogen-bond acceptors (Lipinski definition) is 15. The van der Waals surface area contributed by atoms with Crippen molar-refractivity contribution in [1.29, 1.82) is 0 Å². The number of carbonyl (C=O) groups is 7. The average molecular weight is 849 g/mol. The summed E-state index contributed by atoms with van der Waals surface area (Å²) in [6.07, 6.45) is -7.61. The Balaban J connectivity index is 2.21. The molecule has 0 spiro atoms. The maximum absolute atomic E-state index is 14.3. The molecule has 0 bridgehead atoms. The van der Waals surface area contributed by atoms with Crippen LogP contribution in [-0.4, -0.2) is 94.7 Å². The number of fused-ring (bicyclic) bond motifs is 1. The minimum Gasteiger partial charge on any atom is -0.458 e. The zero-order chi connectivity index (χ0) is 45.6. The first-order chi connectivity index (χ1) is 28.4. The van der Waals surface area contributed by atoms with Gasteiger partial charge in [-0.05, 0) is 31.2 Å². The number of rotatable bonds is 10. The molecule has 1 fully saturated rings. The summed E-state index contributed by atoms with van der Waals surface area (Å²) >= 11 is 0. The first-order valence-corrected chi connectivity index (χ1v) is 20.0. The van der Waals surface area contributed by atoms with Gasteiger partial charge in [0.15, 0.2) is 24.4 Å². The number of hydrogen-bond donors (Lipinski definition) is 1. The molecule has 2 aromatic rings. The van der Waals surface area contributed by atoms with Crippen molar-refractivity contribution >= 4 is 41.8 Å². The number of carbonyl (C=O) groups excluding carboxylic acids is 7. The van der Waals surface area contributed by atoms with Gasteiger partial charge in [-0.15, -0.1) is 0 Å². The lowest BCUT2D eigenvalue weighted by molar-refractivity contribution is -0.194. The zero-order valence-electron chi connectivity index (χ0n) is 36.2. The fraction of sp³-hybridized carbons (Fsp3) is 0.500. The van der Waals surface area contributed by atoms with Crippen LogP contribution in [0.1, 0.15) is 96.4 Å². The highest BCUT2D eigenvalue weighted by molar-refractivity contribution is 5.90. The van der Waals surface area contributed by atoms with Crippen molar-refractivity contribution in [3.8, 4) is 0 Å². The minimum absolute atomic E-state index is 0.0178. The van der Waals surface area contributed by atoms with E-state index in [0.29, 0.717) is 0 Å². The third-order valence-corrected chi connectivity index (χ3v) is 10.8. The Labute approximate surface area is 355 Å². The molecule has 10 atom stereocenters. The largest absolute Gasteiger partial charge is 0.458 e. The molecule has 2 aliphatic carbocycles. The molecule has 1 saturated carbocycles. The van der Waals surface area contributed by atoms with Crippen LogP contribution in [0.3, 0.4) is 0 Å². The van der Waals surface area contributed by atoms with E-state index in [9.17, 15) is 38.7 Å². The molecule has 0 amide bonds. The maximum atomic E-state index is 14.3. The summed E-state index contributed by atoms with van der Waals surface area (Å²) in [5.74, 6) is -9.68. The summed E-state index contributed by atoms with van der Waals surface area (Å²) in [5, 5.41) is 13.6. The van der Waals surface area contributed by atoms with Crippen LogP contribution in [0.2, 0.25) is 0 Å². The average Bonchev–Trinajstić information content (AvgIpc) is 3.38. The second kappa shape index (κ2) is 19.3. The molecule has 330 valence electrons. The Kier molecular flexibility index (Phi) is 15.1. The standard InChI is InChI=1S/C46H56O15/c1-25(2)41(51)59-36-27(4)35(58-42(52)32-18-14-12-15-19-32)34-39(56-29(6)48)45(11,61-31(8)50)24-46(34,54)38(60-43(53)33-20-16-13-17-21-33)26(3)22-23-44(9,10)40(57-30(7)49)37(36)55-28(5)47/h12-23,25-26,34-40,54H,4,24H2,1-3,5-11H3/t26-,34-,35-,36-,37+,38-,39+,40+,45+,46+/m0/s1. The van der Waals surface area contributed by atoms with E-state index in [1.54, 1.807) is 69.3 Å². The second-order valence-electron chi connectivity index (χ2n) is 16.7. The van der Waals surface area contributed by atoms with Crippen molar-refractivity contribution in [3.05, 3.63) is 96.1 Å². The van der Waals surface area contributed by atoms with Crippen LogP contribution in [0.15, 0.2) is 85.0 Å². The molecule has 0 saturated heterocycles. The van der Waals surface area contributed by atoms with Gasteiger partial charge < -0.3 is 38.3 Å². The molecule has 1 N–H and O–H groups in total. The van der Waals surface area contributed by atoms with Gasteiger partial charge in [0, 0.05) is 51.0 Å². The van der Waals surface area contributed by atoms with E-state index in [2.05, 4.69) is 6.58 Å². The third kappa shape index (κ3) is 11.1. The van der Waals surface area contributed by atoms with Crippen LogP contribution in [0.4, 0.5) is 0 Å². The number of aliphatic hydroxyl groups is 1. The quantitative estimate of drug-likeness (QED) is 0.174. The van der Waals surface area contributed by atoms with Gasteiger partial charge in [-0.25, -0.2) is 9.59 Å². The van der Waals surface area contributed by atoms with Crippen molar-refractivity contribution in [2.75, 3.05) is 0 Å².